The van der Waals surface area contributed by atoms with Gasteiger partial charge in [-0.2, -0.15) is 0 Å². The van der Waals surface area contributed by atoms with Gasteiger partial charge in [-0.25, -0.2) is 9.18 Å². The molecule has 2 N–H and O–H groups in total. The maximum Gasteiger partial charge on any atom is 0.321 e. The predicted molar refractivity (Wildman–Crippen MR) is 80.2 cm³/mol. The molecule has 2 heterocycles. The first kappa shape index (κ1) is 14.9. The van der Waals surface area contributed by atoms with Gasteiger partial charge in [-0.05, 0) is 30.5 Å². The Balaban J connectivity index is 1.73. The first-order valence-corrected chi connectivity index (χ1v) is 7.81. The van der Waals surface area contributed by atoms with Crippen LogP contribution in [0.5, 0.6) is 0 Å². The lowest BCUT2D eigenvalue weighted by atomic mass is 9.99. The Labute approximate surface area is 130 Å². The lowest BCUT2D eigenvalue weighted by Crippen LogP contribution is -2.38. The number of nitrogens with one attached hydrogen (secondary N) is 2. The van der Waals surface area contributed by atoms with Crippen molar-refractivity contribution in [3.8, 4) is 0 Å². The van der Waals surface area contributed by atoms with E-state index in [4.69, 9.17) is 4.74 Å². The van der Waals surface area contributed by atoms with Gasteiger partial charge in [0.25, 0.3) is 0 Å². The molecule has 0 unspecified atom stereocenters. The Morgan fingerprint density at radius 3 is 2.86 bits per heavy atom. The average Bonchev–Trinajstić information content (AvgIpc) is 3.19. The number of benzene rings is 1. The lowest BCUT2D eigenvalue weighted by molar-refractivity contribution is 0.0815. The first-order chi connectivity index (χ1) is 10.7. The van der Waals surface area contributed by atoms with Crippen LogP contribution in [0, 0.1) is 5.82 Å². The van der Waals surface area contributed by atoms with E-state index in [0.717, 1.165) is 18.4 Å². The number of hydrogen-bond donors (Lipinski definition) is 2. The zero-order valence-corrected chi connectivity index (χ0v) is 12.5. The SMILES string of the molecule is O=C(Nc1nncs1)N[C@@H](c1ccc(F)cc1)[C@H]1CCCO1. The molecule has 1 aromatic carbocycles. The summed E-state index contributed by atoms with van der Waals surface area (Å²) in [6.07, 6.45) is 1.68. The second-order valence-corrected chi connectivity index (χ2v) is 5.76. The van der Waals surface area contributed by atoms with E-state index in [-0.39, 0.29) is 24.0 Å². The fourth-order valence-electron chi connectivity index (χ4n) is 2.43. The van der Waals surface area contributed by atoms with E-state index in [2.05, 4.69) is 20.8 Å². The summed E-state index contributed by atoms with van der Waals surface area (Å²) in [5.74, 6) is -0.312. The highest BCUT2D eigenvalue weighted by molar-refractivity contribution is 7.13. The van der Waals surface area contributed by atoms with Crippen LogP contribution in [0.25, 0.3) is 0 Å². The Hall–Kier alpha value is -2.06. The van der Waals surface area contributed by atoms with Gasteiger partial charge in [0, 0.05) is 6.61 Å². The van der Waals surface area contributed by atoms with Crippen molar-refractivity contribution in [2.45, 2.75) is 25.0 Å². The minimum Gasteiger partial charge on any atom is -0.376 e. The van der Waals surface area contributed by atoms with Gasteiger partial charge >= 0.3 is 6.03 Å². The zero-order chi connectivity index (χ0) is 15.4. The molecule has 2 aromatic rings. The summed E-state index contributed by atoms with van der Waals surface area (Å²) in [4.78, 5) is 12.1. The molecule has 1 fully saturated rings. The smallest absolute Gasteiger partial charge is 0.321 e. The highest BCUT2D eigenvalue weighted by atomic mass is 32.1. The van der Waals surface area contributed by atoms with Gasteiger partial charge in [0.05, 0.1) is 12.1 Å². The molecule has 1 saturated heterocycles. The number of carbonyl (C=O) groups excluding carboxylic acids is 1. The average molecular weight is 322 g/mol. The van der Waals surface area contributed by atoms with Crippen molar-refractivity contribution in [3.05, 3.63) is 41.2 Å². The third kappa shape index (κ3) is 3.58. The molecule has 0 radical (unpaired) electrons. The molecule has 1 aliphatic rings. The number of carbonyl (C=O) groups is 1. The molecule has 0 aliphatic carbocycles. The fourth-order valence-corrected chi connectivity index (χ4v) is 2.87. The molecule has 0 spiro atoms. The Bertz CT molecular complexity index is 614. The van der Waals surface area contributed by atoms with Crippen molar-refractivity contribution in [1.29, 1.82) is 0 Å². The number of amides is 2. The van der Waals surface area contributed by atoms with Crippen molar-refractivity contribution in [1.82, 2.24) is 15.5 Å². The summed E-state index contributed by atoms with van der Waals surface area (Å²) in [5.41, 5.74) is 2.34. The minimum atomic E-state index is -0.387. The monoisotopic (exact) mass is 322 g/mol. The highest BCUT2D eigenvalue weighted by Crippen LogP contribution is 2.27. The standard InChI is InChI=1S/C14H15FN4O2S/c15-10-5-3-9(4-6-10)12(11-2-1-7-21-11)17-13(20)18-14-19-16-8-22-14/h3-6,8,11-12H,1-2,7H2,(H2,17,18,19,20)/t11-,12+/m1/s1. The Morgan fingerprint density at radius 1 is 1.41 bits per heavy atom. The van der Waals surface area contributed by atoms with E-state index in [1.54, 1.807) is 12.1 Å². The largest absolute Gasteiger partial charge is 0.376 e. The molecule has 3 rings (SSSR count). The van der Waals surface area contributed by atoms with Crippen molar-refractivity contribution in [2.24, 2.45) is 0 Å². The van der Waals surface area contributed by atoms with E-state index >= 15 is 0 Å². The van der Waals surface area contributed by atoms with Crippen LogP contribution in [-0.4, -0.2) is 28.9 Å². The van der Waals surface area contributed by atoms with Gasteiger partial charge in [-0.15, -0.1) is 10.2 Å². The topological polar surface area (TPSA) is 76.1 Å². The van der Waals surface area contributed by atoms with Gasteiger partial charge in [-0.1, -0.05) is 23.5 Å². The Morgan fingerprint density at radius 2 is 2.23 bits per heavy atom. The number of nitrogens with zero attached hydrogens (tertiary/aromatic N) is 2. The molecule has 0 bridgehead atoms. The predicted octanol–water partition coefficient (Wildman–Crippen LogP) is 2.72. The van der Waals surface area contributed by atoms with Crippen molar-refractivity contribution in [2.75, 3.05) is 11.9 Å². The number of anilines is 1. The maximum atomic E-state index is 13.1. The Kier molecular flexibility index (Phi) is 4.59. The second kappa shape index (κ2) is 6.80. The number of aromatic nitrogens is 2. The maximum absolute atomic E-state index is 13.1. The van der Waals surface area contributed by atoms with Gasteiger partial charge in [0.1, 0.15) is 11.3 Å². The third-order valence-electron chi connectivity index (χ3n) is 3.43. The van der Waals surface area contributed by atoms with Gasteiger partial charge in [0.2, 0.25) is 5.13 Å². The van der Waals surface area contributed by atoms with Gasteiger partial charge in [-0.3, -0.25) is 5.32 Å². The molecule has 0 saturated carbocycles. The molecule has 2 atom stereocenters. The summed E-state index contributed by atoms with van der Waals surface area (Å²) in [5, 5.41) is 13.3. The van der Waals surface area contributed by atoms with Crippen LogP contribution in [0.2, 0.25) is 0 Å². The number of hydrogen-bond acceptors (Lipinski definition) is 5. The van der Waals surface area contributed by atoms with Crippen LogP contribution < -0.4 is 10.6 Å². The summed E-state index contributed by atoms with van der Waals surface area (Å²) < 4.78 is 18.8. The van der Waals surface area contributed by atoms with E-state index in [1.165, 1.54) is 29.0 Å². The molecule has 6 nitrogen and oxygen atoms in total. The molecule has 8 heteroatoms. The van der Waals surface area contributed by atoms with Gasteiger partial charge in [0.15, 0.2) is 0 Å². The van der Waals surface area contributed by atoms with Crippen molar-refractivity contribution < 1.29 is 13.9 Å². The summed E-state index contributed by atoms with van der Waals surface area (Å²) in [7, 11) is 0. The van der Waals surface area contributed by atoms with Crippen LogP contribution in [0.4, 0.5) is 14.3 Å². The summed E-state index contributed by atoms with van der Waals surface area (Å²) >= 11 is 1.23. The third-order valence-corrected chi connectivity index (χ3v) is 4.04. The van der Waals surface area contributed by atoms with E-state index in [1.807, 2.05) is 0 Å². The van der Waals surface area contributed by atoms with Crippen LogP contribution in [0.1, 0.15) is 24.4 Å². The van der Waals surface area contributed by atoms with Crippen LogP contribution in [0.15, 0.2) is 29.8 Å². The van der Waals surface area contributed by atoms with Crippen molar-refractivity contribution in [3.63, 3.8) is 0 Å². The lowest BCUT2D eigenvalue weighted by Gasteiger charge is -2.24. The van der Waals surface area contributed by atoms with Crippen molar-refractivity contribution >= 4 is 22.5 Å². The zero-order valence-electron chi connectivity index (χ0n) is 11.7. The van der Waals surface area contributed by atoms with E-state index < -0.39 is 0 Å². The number of rotatable bonds is 4. The highest BCUT2D eigenvalue weighted by Gasteiger charge is 2.29. The fraction of sp³-hybridized carbons (Fsp3) is 0.357. The number of ether oxygens (including phenoxy) is 1. The molecule has 1 aliphatic heterocycles. The number of halogens is 1. The first-order valence-electron chi connectivity index (χ1n) is 6.93. The second-order valence-electron chi connectivity index (χ2n) is 4.92. The minimum absolute atomic E-state index is 0.120. The van der Waals surface area contributed by atoms with E-state index in [0.29, 0.717) is 11.7 Å². The molecular formula is C14H15FN4O2S. The molecular weight excluding hydrogens is 307 g/mol. The normalized spacial score (nSPS) is 18.9. The summed E-state index contributed by atoms with van der Waals surface area (Å²) in [6.45, 7) is 0.669. The van der Waals surface area contributed by atoms with Crippen LogP contribution in [-0.2, 0) is 4.74 Å². The summed E-state index contributed by atoms with van der Waals surface area (Å²) in [6, 6.07) is 5.35. The quantitative estimate of drug-likeness (QED) is 0.907. The van der Waals surface area contributed by atoms with Crippen LogP contribution in [0.3, 0.4) is 0 Å². The van der Waals surface area contributed by atoms with Crippen LogP contribution >= 0.6 is 11.3 Å². The van der Waals surface area contributed by atoms with E-state index in [9.17, 15) is 9.18 Å². The molecule has 22 heavy (non-hydrogen) atoms. The van der Waals surface area contributed by atoms with Gasteiger partial charge < -0.3 is 10.1 Å². The molecule has 1 aromatic heterocycles. The molecule has 2 amide bonds. The number of urea groups is 1. The molecule has 116 valence electrons.